The predicted octanol–water partition coefficient (Wildman–Crippen LogP) is 4.76. The van der Waals surface area contributed by atoms with Gasteiger partial charge in [0, 0.05) is 29.5 Å². The summed E-state index contributed by atoms with van der Waals surface area (Å²) >= 11 is 5.98. The smallest absolute Gasteiger partial charge is 0.338 e. The summed E-state index contributed by atoms with van der Waals surface area (Å²) in [6, 6.07) is 9.00. The molecule has 1 unspecified atom stereocenters. The van der Waals surface area contributed by atoms with Crippen LogP contribution in [0.25, 0.3) is 22.3 Å². The summed E-state index contributed by atoms with van der Waals surface area (Å²) in [5.41, 5.74) is 3.44. The summed E-state index contributed by atoms with van der Waals surface area (Å²) in [5.74, 6) is -0.116. The fraction of sp³-hybridized carbons (Fsp3) is 0.318. The molecule has 0 bridgehead atoms. The van der Waals surface area contributed by atoms with E-state index in [1.54, 1.807) is 24.4 Å². The summed E-state index contributed by atoms with van der Waals surface area (Å²) in [6.07, 6.45) is 6.82. The number of aromatic nitrogens is 3. The first-order valence-electron chi connectivity index (χ1n) is 9.70. The van der Waals surface area contributed by atoms with Gasteiger partial charge in [-0.05, 0) is 43.0 Å². The Balaban J connectivity index is 1.74. The SMILES string of the molecule is COC(=O)c1cc(-c2cnn(C3CCCCO3)c2)ccc1-c1ccc(Cl)nc1OC. The largest absolute Gasteiger partial charge is 0.481 e. The van der Waals surface area contributed by atoms with Gasteiger partial charge >= 0.3 is 5.97 Å². The van der Waals surface area contributed by atoms with Gasteiger partial charge in [-0.25, -0.2) is 14.5 Å². The Bertz CT molecular complexity index is 1060. The molecular weight excluding hydrogens is 406 g/mol. The molecule has 0 N–H and O–H groups in total. The first kappa shape index (κ1) is 20.4. The first-order valence-corrected chi connectivity index (χ1v) is 10.1. The van der Waals surface area contributed by atoms with E-state index in [1.165, 1.54) is 14.2 Å². The fourth-order valence-corrected chi connectivity index (χ4v) is 3.73. The maximum Gasteiger partial charge on any atom is 0.338 e. The number of methoxy groups -OCH3 is 2. The number of nitrogens with zero attached hydrogens (tertiary/aromatic N) is 3. The van der Waals surface area contributed by atoms with Crippen LogP contribution in [0, 0.1) is 0 Å². The Hall–Kier alpha value is -2.90. The quantitative estimate of drug-likeness (QED) is 0.431. The number of hydrogen-bond donors (Lipinski definition) is 0. The number of halogens is 1. The molecule has 30 heavy (non-hydrogen) atoms. The van der Waals surface area contributed by atoms with Gasteiger partial charge in [-0.1, -0.05) is 23.7 Å². The average molecular weight is 428 g/mol. The van der Waals surface area contributed by atoms with Crippen molar-refractivity contribution in [3.8, 4) is 28.1 Å². The monoisotopic (exact) mass is 427 g/mol. The lowest BCUT2D eigenvalue weighted by molar-refractivity contribution is -0.0394. The topological polar surface area (TPSA) is 75.5 Å². The van der Waals surface area contributed by atoms with Crippen molar-refractivity contribution in [1.29, 1.82) is 0 Å². The summed E-state index contributed by atoms with van der Waals surface area (Å²) in [5, 5.41) is 4.77. The highest BCUT2D eigenvalue weighted by Gasteiger charge is 2.20. The van der Waals surface area contributed by atoms with Crippen LogP contribution >= 0.6 is 11.6 Å². The number of carbonyl (C=O) groups excluding carboxylic acids is 1. The molecule has 1 atom stereocenters. The number of benzene rings is 1. The normalized spacial score (nSPS) is 16.3. The van der Waals surface area contributed by atoms with Crippen molar-refractivity contribution in [2.75, 3.05) is 20.8 Å². The first-order chi connectivity index (χ1) is 14.6. The molecule has 8 heteroatoms. The van der Waals surface area contributed by atoms with Crippen molar-refractivity contribution in [2.24, 2.45) is 0 Å². The van der Waals surface area contributed by atoms with E-state index >= 15 is 0 Å². The van der Waals surface area contributed by atoms with Crippen molar-refractivity contribution in [3.63, 3.8) is 0 Å². The van der Waals surface area contributed by atoms with Crippen LogP contribution in [-0.4, -0.2) is 41.6 Å². The molecule has 156 valence electrons. The second-order valence-electron chi connectivity index (χ2n) is 6.97. The van der Waals surface area contributed by atoms with E-state index < -0.39 is 5.97 Å². The molecule has 0 saturated carbocycles. The molecule has 0 spiro atoms. The zero-order chi connectivity index (χ0) is 21.1. The van der Waals surface area contributed by atoms with E-state index in [2.05, 4.69) is 10.1 Å². The molecule has 1 fully saturated rings. The highest BCUT2D eigenvalue weighted by atomic mass is 35.5. The van der Waals surface area contributed by atoms with E-state index in [9.17, 15) is 4.79 Å². The molecule has 2 aromatic heterocycles. The van der Waals surface area contributed by atoms with Crippen LogP contribution in [0.5, 0.6) is 5.88 Å². The van der Waals surface area contributed by atoms with Crippen LogP contribution in [0.15, 0.2) is 42.7 Å². The van der Waals surface area contributed by atoms with E-state index in [0.717, 1.165) is 37.0 Å². The zero-order valence-corrected chi connectivity index (χ0v) is 17.6. The Labute approximate surface area is 179 Å². The molecule has 0 radical (unpaired) electrons. The lowest BCUT2D eigenvalue weighted by Gasteiger charge is -2.22. The van der Waals surface area contributed by atoms with Gasteiger partial charge in [-0.3, -0.25) is 0 Å². The van der Waals surface area contributed by atoms with Crippen molar-refractivity contribution in [3.05, 3.63) is 53.4 Å². The molecule has 7 nitrogen and oxygen atoms in total. The molecule has 0 amide bonds. The molecular formula is C22H22ClN3O4. The van der Waals surface area contributed by atoms with E-state index in [0.29, 0.717) is 27.7 Å². The zero-order valence-electron chi connectivity index (χ0n) is 16.8. The molecule has 0 aliphatic carbocycles. The van der Waals surface area contributed by atoms with Crippen molar-refractivity contribution < 1.29 is 19.0 Å². The van der Waals surface area contributed by atoms with Gasteiger partial charge in [0.25, 0.3) is 0 Å². The van der Waals surface area contributed by atoms with Crippen LogP contribution < -0.4 is 4.74 Å². The van der Waals surface area contributed by atoms with Gasteiger partial charge in [0.1, 0.15) is 11.4 Å². The van der Waals surface area contributed by atoms with Crippen molar-refractivity contribution >= 4 is 17.6 Å². The van der Waals surface area contributed by atoms with Crippen LogP contribution in [0.1, 0.15) is 35.8 Å². The molecule has 1 aromatic carbocycles. The Morgan fingerprint density at radius 2 is 2.00 bits per heavy atom. The Morgan fingerprint density at radius 1 is 1.17 bits per heavy atom. The van der Waals surface area contributed by atoms with Gasteiger partial charge < -0.3 is 14.2 Å². The number of carbonyl (C=O) groups is 1. The predicted molar refractivity (Wildman–Crippen MR) is 113 cm³/mol. The lowest BCUT2D eigenvalue weighted by Crippen LogP contribution is -2.18. The van der Waals surface area contributed by atoms with Crippen LogP contribution in [0.4, 0.5) is 0 Å². The average Bonchev–Trinajstić information content (AvgIpc) is 3.29. The maximum absolute atomic E-state index is 12.6. The van der Waals surface area contributed by atoms with Crippen molar-refractivity contribution in [2.45, 2.75) is 25.5 Å². The van der Waals surface area contributed by atoms with Gasteiger partial charge in [0.2, 0.25) is 5.88 Å². The molecule has 3 heterocycles. The third-order valence-electron chi connectivity index (χ3n) is 5.12. The minimum absolute atomic E-state index is 0.0451. The van der Waals surface area contributed by atoms with Gasteiger partial charge in [-0.2, -0.15) is 5.10 Å². The minimum atomic E-state index is -0.452. The lowest BCUT2D eigenvalue weighted by atomic mass is 9.96. The van der Waals surface area contributed by atoms with Crippen LogP contribution in [0.3, 0.4) is 0 Å². The fourth-order valence-electron chi connectivity index (χ4n) is 3.59. The molecule has 1 saturated heterocycles. The summed E-state index contributed by atoms with van der Waals surface area (Å²) in [6.45, 7) is 0.748. The third-order valence-corrected chi connectivity index (χ3v) is 5.33. The van der Waals surface area contributed by atoms with E-state index in [1.807, 2.05) is 23.0 Å². The summed E-state index contributed by atoms with van der Waals surface area (Å²) < 4.78 is 18.0. The van der Waals surface area contributed by atoms with E-state index in [4.69, 9.17) is 25.8 Å². The second-order valence-corrected chi connectivity index (χ2v) is 7.36. The molecule has 3 aromatic rings. The Kier molecular flexibility index (Phi) is 6.01. The Morgan fingerprint density at radius 3 is 2.73 bits per heavy atom. The number of hydrogen-bond acceptors (Lipinski definition) is 6. The third kappa shape index (κ3) is 4.04. The number of esters is 1. The second kappa shape index (κ2) is 8.85. The molecule has 1 aliphatic heterocycles. The standard InChI is InChI=1S/C22H22ClN3O4/c1-28-21-17(8-9-19(23)25-21)16-7-6-14(11-18(16)22(27)29-2)15-12-24-26(13-15)20-5-3-4-10-30-20/h6-9,11-13,20H,3-5,10H2,1-2H3. The number of pyridine rings is 1. The van der Waals surface area contributed by atoms with Crippen molar-refractivity contribution in [1.82, 2.24) is 14.8 Å². The van der Waals surface area contributed by atoms with Gasteiger partial charge in [-0.15, -0.1) is 0 Å². The molecule has 1 aliphatic rings. The van der Waals surface area contributed by atoms with E-state index in [-0.39, 0.29) is 6.23 Å². The van der Waals surface area contributed by atoms with Gasteiger partial charge in [0.15, 0.2) is 0 Å². The summed E-state index contributed by atoms with van der Waals surface area (Å²) in [7, 11) is 2.87. The van der Waals surface area contributed by atoms with Crippen LogP contribution in [0.2, 0.25) is 5.15 Å². The highest BCUT2D eigenvalue weighted by molar-refractivity contribution is 6.29. The van der Waals surface area contributed by atoms with Gasteiger partial charge in [0.05, 0.1) is 26.0 Å². The minimum Gasteiger partial charge on any atom is -0.481 e. The number of rotatable bonds is 5. The highest BCUT2D eigenvalue weighted by Crippen LogP contribution is 2.35. The molecule has 4 rings (SSSR count). The number of ether oxygens (including phenoxy) is 3. The summed E-state index contributed by atoms with van der Waals surface area (Å²) in [4.78, 5) is 16.8. The maximum atomic E-state index is 12.6. The van der Waals surface area contributed by atoms with Crippen LogP contribution in [-0.2, 0) is 9.47 Å².